The Balaban J connectivity index is 0.00000341. The van der Waals surface area contributed by atoms with Crippen LogP contribution in [0.1, 0.15) is 22.3 Å². The molecule has 0 bridgehead atoms. The highest BCUT2D eigenvalue weighted by molar-refractivity contribution is 14.0. The van der Waals surface area contributed by atoms with Crippen LogP contribution in [-0.2, 0) is 17.7 Å². The quantitative estimate of drug-likeness (QED) is 0.165. The van der Waals surface area contributed by atoms with Gasteiger partial charge in [-0.25, -0.2) is 0 Å². The lowest BCUT2D eigenvalue weighted by Crippen LogP contribution is -2.37. The highest BCUT2D eigenvalue weighted by Gasteiger charge is 2.08. The number of aliphatic imine (C=N–C) groups is 1. The van der Waals surface area contributed by atoms with Crippen molar-refractivity contribution in [2.45, 2.75) is 26.8 Å². The maximum Gasteiger partial charge on any atom is 0.191 e. The third kappa shape index (κ3) is 6.87. The van der Waals surface area contributed by atoms with Crippen LogP contribution in [-0.4, -0.2) is 44.9 Å². The summed E-state index contributed by atoms with van der Waals surface area (Å²) < 4.78 is 11.0. The number of methoxy groups -OCH3 is 1. The Hall–Kier alpha value is -2.26. The zero-order valence-corrected chi connectivity index (χ0v) is 21.1. The number of fused-ring (bicyclic) bond motifs is 1. The van der Waals surface area contributed by atoms with Crippen LogP contribution in [0, 0.1) is 13.8 Å². The van der Waals surface area contributed by atoms with Crippen LogP contribution >= 0.6 is 24.0 Å². The molecule has 1 heterocycles. The fourth-order valence-electron chi connectivity index (χ4n) is 3.54. The first-order chi connectivity index (χ1) is 14.6. The number of benzene rings is 2. The summed E-state index contributed by atoms with van der Waals surface area (Å²) in [6.45, 7) is 6.75. The lowest BCUT2D eigenvalue weighted by Gasteiger charge is -2.15. The largest absolute Gasteiger partial charge is 0.491 e. The number of aromatic nitrogens is 1. The summed E-state index contributed by atoms with van der Waals surface area (Å²) in [6, 6.07) is 12.6. The van der Waals surface area contributed by atoms with E-state index in [1.807, 2.05) is 0 Å². The molecule has 31 heavy (non-hydrogen) atoms. The van der Waals surface area contributed by atoms with Crippen molar-refractivity contribution in [3.8, 4) is 5.75 Å². The summed E-state index contributed by atoms with van der Waals surface area (Å²) >= 11 is 0. The number of aryl methyl sites for hydroxylation is 2. The van der Waals surface area contributed by atoms with Crippen LogP contribution in [0.3, 0.4) is 0 Å². The van der Waals surface area contributed by atoms with Crippen molar-refractivity contribution in [3.63, 3.8) is 0 Å². The highest BCUT2D eigenvalue weighted by Crippen LogP contribution is 2.22. The van der Waals surface area contributed by atoms with E-state index < -0.39 is 0 Å². The van der Waals surface area contributed by atoms with Crippen LogP contribution in [0.15, 0.2) is 47.6 Å². The lowest BCUT2D eigenvalue weighted by atomic mass is 10.1. The second-order valence-corrected chi connectivity index (χ2v) is 7.37. The van der Waals surface area contributed by atoms with Gasteiger partial charge in [0.1, 0.15) is 12.4 Å². The van der Waals surface area contributed by atoms with E-state index in [4.69, 9.17) is 9.47 Å². The topological polar surface area (TPSA) is 70.7 Å². The molecule has 0 aliphatic carbocycles. The van der Waals surface area contributed by atoms with Crippen molar-refractivity contribution in [2.24, 2.45) is 4.99 Å². The summed E-state index contributed by atoms with van der Waals surface area (Å²) in [5.41, 5.74) is 6.06. The molecule has 0 saturated heterocycles. The fraction of sp³-hybridized carbons (Fsp3) is 0.375. The predicted molar refractivity (Wildman–Crippen MR) is 139 cm³/mol. The van der Waals surface area contributed by atoms with E-state index in [1.54, 1.807) is 14.2 Å². The summed E-state index contributed by atoms with van der Waals surface area (Å²) in [4.78, 5) is 7.71. The zero-order chi connectivity index (χ0) is 21.3. The molecule has 0 radical (unpaired) electrons. The highest BCUT2D eigenvalue weighted by atomic mass is 127. The van der Waals surface area contributed by atoms with E-state index >= 15 is 0 Å². The molecule has 7 heteroatoms. The minimum atomic E-state index is 0. The third-order valence-corrected chi connectivity index (χ3v) is 5.12. The van der Waals surface area contributed by atoms with Crippen LogP contribution < -0.4 is 15.4 Å². The average Bonchev–Trinajstić information content (AvgIpc) is 3.16. The maximum atomic E-state index is 5.88. The molecule has 1 aromatic heterocycles. The normalized spacial score (nSPS) is 11.3. The number of H-pyrrole nitrogens is 1. The SMILES string of the molecule is CN=C(NCCc1c[nH]c2cccc(C)c12)NCc1ccc(C)cc1OCCOC.I. The van der Waals surface area contributed by atoms with E-state index in [0.29, 0.717) is 19.8 Å². The minimum Gasteiger partial charge on any atom is -0.491 e. The van der Waals surface area contributed by atoms with Crippen LogP contribution in [0.25, 0.3) is 10.9 Å². The molecule has 0 aliphatic heterocycles. The smallest absolute Gasteiger partial charge is 0.191 e. The van der Waals surface area contributed by atoms with Gasteiger partial charge in [-0.3, -0.25) is 4.99 Å². The number of aromatic amines is 1. The van der Waals surface area contributed by atoms with Crippen LogP contribution in [0.5, 0.6) is 5.75 Å². The first kappa shape index (κ1) is 25.0. The van der Waals surface area contributed by atoms with Crippen molar-refractivity contribution in [1.29, 1.82) is 0 Å². The van der Waals surface area contributed by atoms with E-state index in [9.17, 15) is 0 Å². The Bertz CT molecular complexity index is 1000. The second kappa shape index (κ2) is 12.6. The van der Waals surface area contributed by atoms with E-state index in [-0.39, 0.29) is 24.0 Å². The van der Waals surface area contributed by atoms with Gasteiger partial charge in [0.15, 0.2) is 5.96 Å². The van der Waals surface area contributed by atoms with Crippen molar-refractivity contribution in [2.75, 3.05) is 33.9 Å². The third-order valence-electron chi connectivity index (χ3n) is 5.12. The second-order valence-electron chi connectivity index (χ2n) is 7.37. The van der Waals surface area contributed by atoms with Crippen LogP contribution in [0.2, 0.25) is 0 Å². The minimum absolute atomic E-state index is 0. The number of hydrogen-bond acceptors (Lipinski definition) is 3. The molecule has 0 atom stereocenters. The molecule has 3 aromatic rings. The zero-order valence-electron chi connectivity index (χ0n) is 18.7. The summed E-state index contributed by atoms with van der Waals surface area (Å²) in [6.07, 6.45) is 3.02. The number of guanidine groups is 1. The van der Waals surface area contributed by atoms with Gasteiger partial charge in [-0.15, -0.1) is 24.0 Å². The number of rotatable bonds is 9. The van der Waals surface area contributed by atoms with E-state index in [2.05, 4.69) is 77.1 Å². The first-order valence-corrected chi connectivity index (χ1v) is 10.3. The molecule has 2 aromatic carbocycles. The molecule has 3 rings (SSSR count). The van der Waals surface area contributed by atoms with Gasteiger partial charge in [-0.2, -0.15) is 0 Å². The van der Waals surface area contributed by atoms with Gasteiger partial charge in [-0.1, -0.05) is 24.3 Å². The van der Waals surface area contributed by atoms with Gasteiger partial charge >= 0.3 is 0 Å². The Morgan fingerprint density at radius 2 is 1.90 bits per heavy atom. The fourth-order valence-corrected chi connectivity index (χ4v) is 3.54. The van der Waals surface area contributed by atoms with Crippen molar-refractivity contribution < 1.29 is 9.47 Å². The van der Waals surface area contributed by atoms with Crippen molar-refractivity contribution >= 4 is 40.8 Å². The summed E-state index contributed by atoms with van der Waals surface area (Å²) in [5, 5.41) is 8.11. The number of nitrogens with one attached hydrogen (secondary N) is 3. The van der Waals surface area contributed by atoms with Gasteiger partial charge in [0.2, 0.25) is 0 Å². The molecule has 0 fully saturated rings. The average molecular weight is 536 g/mol. The molecule has 0 amide bonds. The number of hydrogen-bond donors (Lipinski definition) is 3. The molecule has 0 unspecified atom stereocenters. The Morgan fingerprint density at radius 1 is 1.06 bits per heavy atom. The number of halogens is 1. The molecule has 0 saturated carbocycles. The Kier molecular flexibility index (Phi) is 10.1. The molecule has 3 N–H and O–H groups in total. The summed E-state index contributed by atoms with van der Waals surface area (Å²) in [5.74, 6) is 1.65. The van der Waals surface area contributed by atoms with Gasteiger partial charge in [0.05, 0.1) is 6.61 Å². The molecule has 168 valence electrons. The van der Waals surface area contributed by atoms with Gasteiger partial charge in [0.25, 0.3) is 0 Å². The Labute approximate surface area is 201 Å². The maximum absolute atomic E-state index is 5.88. The van der Waals surface area contributed by atoms with Crippen molar-refractivity contribution in [1.82, 2.24) is 15.6 Å². The molecular formula is C24H33IN4O2. The summed E-state index contributed by atoms with van der Waals surface area (Å²) in [7, 11) is 3.46. The van der Waals surface area contributed by atoms with E-state index in [0.717, 1.165) is 30.2 Å². The molecular weight excluding hydrogens is 503 g/mol. The van der Waals surface area contributed by atoms with Gasteiger partial charge in [-0.05, 0) is 49.1 Å². The molecule has 0 spiro atoms. The number of nitrogens with zero attached hydrogens (tertiary/aromatic N) is 1. The van der Waals surface area contributed by atoms with Gasteiger partial charge in [0, 0.05) is 49.9 Å². The predicted octanol–water partition coefficient (Wildman–Crippen LogP) is 4.34. The monoisotopic (exact) mass is 536 g/mol. The Morgan fingerprint density at radius 3 is 2.68 bits per heavy atom. The lowest BCUT2D eigenvalue weighted by molar-refractivity contribution is 0.145. The first-order valence-electron chi connectivity index (χ1n) is 10.3. The van der Waals surface area contributed by atoms with Crippen LogP contribution in [0.4, 0.5) is 0 Å². The number of ether oxygens (including phenoxy) is 2. The standard InChI is InChI=1S/C24H32N4O2.HI/c1-17-8-9-19(22(14-17)30-13-12-29-4)15-28-24(25-3)26-11-10-20-16-27-21-7-5-6-18(2)23(20)21;/h5-9,14,16,27H,10-13,15H2,1-4H3,(H2,25,26,28);1H. The molecule has 0 aliphatic rings. The molecule has 6 nitrogen and oxygen atoms in total. The van der Waals surface area contributed by atoms with E-state index in [1.165, 1.54) is 27.6 Å². The van der Waals surface area contributed by atoms with Gasteiger partial charge < -0.3 is 25.1 Å². The van der Waals surface area contributed by atoms with Crippen molar-refractivity contribution in [3.05, 3.63) is 64.8 Å².